The number of rotatable bonds is 6. The predicted molar refractivity (Wildman–Crippen MR) is 147 cm³/mol. The molecule has 0 unspecified atom stereocenters. The van der Waals surface area contributed by atoms with Crippen LogP contribution in [0.5, 0.6) is 0 Å². The lowest BCUT2D eigenvalue weighted by molar-refractivity contribution is -0.137. The summed E-state index contributed by atoms with van der Waals surface area (Å²) >= 11 is 6.69. The van der Waals surface area contributed by atoms with Crippen LogP contribution in [0.2, 0.25) is 0 Å². The molecule has 0 aromatic carbocycles. The molecular weight excluding hydrogens is 596 g/mol. The number of carbonyl (C=O) groups excluding carboxylic acids is 2. The summed E-state index contributed by atoms with van der Waals surface area (Å²) in [5.74, 6) is 2.38. The zero-order valence-electron chi connectivity index (χ0n) is 19.6. The van der Waals surface area contributed by atoms with Crippen molar-refractivity contribution in [2.75, 3.05) is 20.8 Å². The van der Waals surface area contributed by atoms with Crippen LogP contribution in [0.25, 0.3) is 0 Å². The van der Waals surface area contributed by atoms with Crippen molar-refractivity contribution in [3.8, 4) is 0 Å². The van der Waals surface area contributed by atoms with E-state index in [0.717, 1.165) is 33.7 Å². The maximum absolute atomic E-state index is 12.9. The van der Waals surface area contributed by atoms with Gasteiger partial charge in [0.05, 0.1) is 31.6 Å². The lowest BCUT2D eigenvalue weighted by Gasteiger charge is -2.30. The van der Waals surface area contributed by atoms with Crippen molar-refractivity contribution in [1.29, 1.82) is 0 Å². The summed E-state index contributed by atoms with van der Waals surface area (Å²) in [4.78, 5) is 41.1. The summed E-state index contributed by atoms with van der Waals surface area (Å²) < 4.78 is 11.6. The molecule has 0 bridgehead atoms. The average molecular weight is 636 g/mol. The smallest absolute Gasteiger partial charge is 0.407 e. The molecule has 10 nitrogen and oxygen atoms in total. The van der Waals surface area contributed by atoms with Gasteiger partial charge in [-0.25, -0.2) is 14.8 Å². The van der Waals surface area contributed by atoms with Gasteiger partial charge in [-0.2, -0.15) is 0 Å². The minimum absolute atomic E-state index is 0. The number of H-pyrrole nitrogens is 2. The van der Waals surface area contributed by atoms with E-state index in [9.17, 15) is 9.59 Å². The predicted octanol–water partition coefficient (Wildman–Crippen LogP) is 5.70. The summed E-state index contributed by atoms with van der Waals surface area (Å²) in [5.41, 5.74) is 0. The van der Waals surface area contributed by atoms with E-state index in [1.54, 1.807) is 18.0 Å². The topological polar surface area (TPSA) is 125 Å². The normalized spacial score (nSPS) is 18.8. The third kappa shape index (κ3) is 8.31. The Morgan fingerprint density at radius 2 is 1.61 bits per heavy atom. The second-order valence-electron chi connectivity index (χ2n) is 8.46. The molecule has 2 aromatic heterocycles. The number of amides is 2. The Labute approximate surface area is 231 Å². The molecule has 12 heteroatoms. The second-order valence-corrected chi connectivity index (χ2v) is 10.2. The summed E-state index contributed by atoms with van der Waals surface area (Å²) in [5, 5.41) is 2.55. The fraction of sp³-hybridized carbons (Fsp3) is 0.667. The third-order valence-corrected chi connectivity index (χ3v) is 7.09. The highest BCUT2D eigenvalue weighted by molar-refractivity contribution is 9.10. The van der Waals surface area contributed by atoms with Crippen molar-refractivity contribution in [2.24, 2.45) is 0 Å². The highest BCUT2D eigenvalue weighted by Gasteiger charge is 2.38. The molecular formula is C24H40Br2N6O4. The number of nitrogens with zero attached hydrogens (tertiary/aromatic N) is 3. The molecule has 0 spiro atoms. The van der Waals surface area contributed by atoms with Gasteiger partial charge < -0.3 is 29.7 Å². The van der Waals surface area contributed by atoms with Gasteiger partial charge >= 0.3 is 6.09 Å². The third-order valence-electron chi connectivity index (χ3n) is 6.29. The summed E-state index contributed by atoms with van der Waals surface area (Å²) in [7, 11) is 2.75. The molecule has 204 valence electrons. The number of ether oxygens (including phenoxy) is 2. The van der Waals surface area contributed by atoms with Gasteiger partial charge in [-0.15, -0.1) is 0 Å². The fourth-order valence-electron chi connectivity index (χ4n) is 4.40. The van der Waals surface area contributed by atoms with Crippen LogP contribution in [0.15, 0.2) is 21.6 Å². The van der Waals surface area contributed by atoms with Crippen LogP contribution in [0.3, 0.4) is 0 Å². The first-order valence-corrected chi connectivity index (χ1v) is 13.0. The number of methoxy groups -OCH3 is 2. The van der Waals surface area contributed by atoms with Crippen molar-refractivity contribution < 1.29 is 19.1 Å². The highest BCUT2D eigenvalue weighted by Crippen LogP contribution is 2.33. The zero-order valence-corrected chi connectivity index (χ0v) is 22.8. The van der Waals surface area contributed by atoms with Gasteiger partial charge in [0, 0.05) is 19.6 Å². The van der Waals surface area contributed by atoms with Gasteiger partial charge in [0.2, 0.25) is 5.91 Å². The molecule has 2 amide bonds. The fourth-order valence-corrected chi connectivity index (χ4v) is 5.01. The maximum atomic E-state index is 12.9. The minimum atomic E-state index is -0.813. The van der Waals surface area contributed by atoms with Crippen LogP contribution in [-0.4, -0.2) is 69.7 Å². The zero-order chi connectivity index (χ0) is 24.7. The van der Waals surface area contributed by atoms with Gasteiger partial charge in [0.25, 0.3) is 0 Å². The first kappa shape index (κ1) is 32.1. The van der Waals surface area contributed by atoms with E-state index in [1.165, 1.54) is 39.9 Å². The molecule has 1 saturated carbocycles. The molecule has 4 rings (SSSR count). The Morgan fingerprint density at radius 1 is 1.03 bits per heavy atom. The van der Waals surface area contributed by atoms with Gasteiger partial charge in [0.1, 0.15) is 26.9 Å². The molecule has 2 aromatic rings. The van der Waals surface area contributed by atoms with Crippen LogP contribution in [0, 0.1) is 0 Å². The summed E-state index contributed by atoms with van der Waals surface area (Å²) in [6, 6.07) is -0.953. The molecule has 36 heavy (non-hydrogen) atoms. The highest BCUT2D eigenvalue weighted by atomic mass is 79.9. The molecule has 0 radical (unpaired) electrons. The Kier molecular flexibility index (Phi) is 13.7. The number of likely N-dealkylation sites (tertiary alicyclic amines) is 1. The van der Waals surface area contributed by atoms with E-state index >= 15 is 0 Å². The molecule has 3 atom stereocenters. The number of hydrogen-bond acceptors (Lipinski definition) is 6. The van der Waals surface area contributed by atoms with Gasteiger partial charge in [0.15, 0.2) is 0 Å². The van der Waals surface area contributed by atoms with E-state index in [-0.39, 0.29) is 26.8 Å². The lowest BCUT2D eigenvalue weighted by atomic mass is 10.1. The van der Waals surface area contributed by atoms with E-state index in [4.69, 9.17) is 4.74 Å². The van der Waals surface area contributed by atoms with Crippen molar-refractivity contribution in [1.82, 2.24) is 30.2 Å². The largest absolute Gasteiger partial charge is 0.453 e. The minimum Gasteiger partial charge on any atom is -0.453 e. The van der Waals surface area contributed by atoms with Gasteiger partial charge in [-0.1, -0.05) is 27.7 Å². The number of hydrogen-bond donors (Lipinski definition) is 3. The van der Waals surface area contributed by atoms with E-state index in [1.807, 2.05) is 6.20 Å². The van der Waals surface area contributed by atoms with Crippen molar-refractivity contribution in [3.63, 3.8) is 0 Å². The quantitative estimate of drug-likeness (QED) is 0.374. The molecule has 3 heterocycles. The van der Waals surface area contributed by atoms with E-state index in [0.29, 0.717) is 12.5 Å². The standard InChI is InChI=1S/C14H21BrN4O4.C8H11BrN2.2CH4/c1-8(22-2)11(18-14(21)23-3)13(20)19-6-4-5-9(19)12-16-7-10(15)17-12;9-7-5-10-8(11-7)6-3-1-2-4-6;;/h7-9,11H,4-6H2,1-3H3,(H,16,17)(H,18,21);5-6H,1-4H2,(H,10,11);2*1H4/t8-,9+,11+;;;/m1.../s1. The number of carbonyl (C=O) groups is 2. The first-order chi connectivity index (χ1) is 16.3. The van der Waals surface area contributed by atoms with Crippen LogP contribution < -0.4 is 5.32 Å². The molecule has 2 fully saturated rings. The van der Waals surface area contributed by atoms with Crippen LogP contribution in [0.4, 0.5) is 4.79 Å². The number of nitrogens with one attached hydrogen (secondary N) is 3. The summed E-state index contributed by atoms with van der Waals surface area (Å²) in [6.45, 7) is 2.34. The Morgan fingerprint density at radius 3 is 2.11 bits per heavy atom. The number of alkyl carbamates (subject to hydrolysis) is 1. The number of aromatic amines is 2. The molecule has 3 N–H and O–H groups in total. The van der Waals surface area contributed by atoms with Crippen LogP contribution >= 0.6 is 31.9 Å². The van der Waals surface area contributed by atoms with E-state index < -0.39 is 18.2 Å². The van der Waals surface area contributed by atoms with Crippen molar-refractivity contribution in [2.45, 2.75) is 84.4 Å². The Bertz CT molecular complexity index is 947. The van der Waals surface area contributed by atoms with E-state index in [2.05, 4.69) is 61.8 Å². The second kappa shape index (κ2) is 15.4. The van der Waals surface area contributed by atoms with Crippen molar-refractivity contribution >= 4 is 43.9 Å². The Hall–Kier alpha value is -1.92. The van der Waals surface area contributed by atoms with Gasteiger partial charge in [-0.3, -0.25) is 4.79 Å². The maximum Gasteiger partial charge on any atom is 0.407 e. The Balaban J connectivity index is 0.000000419. The SMILES string of the molecule is Brc1cnc(C2CCCC2)[nH]1.C.C.COC(=O)N[C@H](C(=O)N1CCC[C@H]1c1ncc(Br)[nH]1)[C@@H](C)OC. The average Bonchev–Trinajstić information content (AvgIpc) is 3.63. The molecule has 1 saturated heterocycles. The molecule has 1 aliphatic carbocycles. The monoisotopic (exact) mass is 634 g/mol. The number of aromatic nitrogens is 4. The molecule has 1 aliphatic heterocycles. The number of imidazole rings is 2. The summed E-state index contributed by atoms with van der Waals surface area (Å²) in [6.07, 6.45) is 9.39. The lowest BCUT2D eigenvalue weighted by Crippen LogP contribution is -2.54. The number of halogens is 2. The van der Waals surface area contributed by atoms with Gasteiger partial charge in [-0.05, 0) is 64.5 Å². The van der Waals surface area contributed by atoms with Crippen LogP contribution in [0.1, 0.15) is 83.9 Å². The van der Waals surface area contributed by atoms with Crippen molar-refractivity contribution in [3.05, 3.63) is 33.2 Å². The molecule has 2 aliphatic rings. The van der Waals surface area contributed by atoms with Crippen LogP contribution in [-0.2, 0) is 14.3 Å². The first-order valence-electron chi connectivity index (χ1n) is 11.4.